The van der Waals surface area contributed by atoms with Crippen molar-refractivity contribution >= 4 is 7.82 Å². The summed E-state index contributed by atoms with van der Waals surface area (Å²) in [6.07, 6.45) is -0.954. The molecule has 7 N–H and O–H groups in total. The van der Waals surface area contributed by atoms with E-state index < -0.39 is 13.9 Å². The van der Waals surface area contributed by atoms with Gasteiger partial charge in [0.15, 0.2) is 0 Å². The van der Waals surface area contributed by atoms with Gasteiger partial charge in [-0.15, -0.1) is 0 Å². The Balaban J connectivity index is 0. The molecule has 0 atom stereocenters. The Labute approximate surface area is 81.2 Å². The summed E-state index contributed by atoms with van der Waals surface area (Å²) in [4.78, 5) is 16.0. The molecule has 14 heavy (non-hydrogen) atoms. The van der Waals surface area contributed by atoms with E-state index in [9.17, 15) is 4.57 Å². The lowest BCUT2D eigenvalue weighted by atomic mass is 10.4. The zero-order valence-electron chi connectivity index (χ0n) is 7.48. The lowest BCUT2D eigenvalue weighted by molar-refractivity contribution is 0.0450. The Hall–Kier alpha value is -0.0500. The molecule has 0 spiro atoms. The van der Waals surface area contributed by atoms with E-state index in [1.54, 1.807) is 0 Å². The van der Waals surface area contributed by atoms with E-state index in [0.717, 1.165) is 0 Å². The summed E-state index contributed by atoms with van der Waals surface area (Å²) >= 11 is 0. The molecular formula is C5H16NO7P. The lowest BCUT2D eigenvalue weighted by Gasteiger charge is -2.00. The number of aliphatic hydroxyl groups is 3. The first-order valence-corrected chi connectivity index (χ1v) is 5.20. The van der Waals surface area contributed by atoms with E-state index >= 15 is 0 Å². The van der Waals surface area contributed by atoms with Crippen LogP contribution in [0.5, 0.6) is 0 Å². The van der Waals surface area contributed by atoms with Gasteiger partial charge in [-0.3, -0.25) is 4.52 Å². The normalized spacial score (nSPS) is 11.1. The molecule has 0 aliphatic carbocycles. The van der Waals surface area contributed by atoms with Gasteiger partial charge in [0.1, 0.15) is 6.10 Å². The Morgan fingerprint density at radius 1 is 1.29 bits per heavy atom. The zero-order chi connectivity index (χ0) is 11.6. The second kappa shape index (κ2) is 9.50. The number of phosphoric ester groups is 1. The highest BCUT2D eigenvalue weighted by Gasteiger charge is 2.11. The molecule has 0 saturated heterocycles. The first kappa shape index (κ1) is 16.4. The van der Waals surface area contributed by atoms with Crippen LogP contribution >= 0.6 is 7.82 Å². The summed E-state index contributed by atoms with van der Waals surface area (Å²) in [7, 11) is -4.26. The van der Waals surface area contributed by atoms with Crippen LogP contribution in [-0.4, -0.2) is 57.6 Å². The SMILES string of the molecule is NCCOP(=O)(O)O.OCC(O)CO. The van der Waals surface area contributed by atoms with E-state index in [1.807, 2.05) is 0 Å². The highest BCUT2D eigenvalue weighted by atomic mass is 31.2. The minimum Gasteiger partial charge on any atom is -0.394 e. The minimum absolute atomic E-state index is 0.107. The standard InChI is InChI=1S/C3H8O3.C2H8NO4P/c4-1-3(6)2-5;3-1-2-7-8(4,5)6/h3-6H,1-2H2;1-3H2,(H2,4,5,6). The Morgan fingerprint density at radius 3 is 1.79 bits per heavy atom. The molecule has 0 aromatic carbocycles. The van der Waals surface area contributed by atoms with Gasteiger partial charge >= 0.3 is 7.82 Å². The van der Waals surface area contributed by atoms with E-state index in [1.165, 1.54) is 0 Å². The van der Waals surface area contributed by atoms with Crippen molar-refractivity contribution in [3.05, 3.63) is 0 Å². The third kappa shape index (κ3) is 17.9. The van der Waals surface area contributed by atoms with Crippen LogP contribution in [0, 0.1) is 0 Å². The monoisotopic (exact) mass is 233 g/mol. The van der Waals surface area contributed by atoms with Gasteiger partial charge < -0.3 is 30.8 Å². The molecule has 0 fully saturated rings. The first-order chi connectivity index (χ1) is 6.37. The minimum atomic E-state index is -4.26. The molecule has 0 unspecified atom stereocenters. The predicted octanol–water partition coefficient (Wildman–Crippen LogP) is -2.61. The Kier molecular flexibility index (Phi) is 11.1. The molecule has 0 aliphatic rings. The average molecular weight is 233 g/mol. The maximum absolute atomic E-state index is 9.81. The van der Waals surface area contributed by atoms with Crippen LogP contribution in [-0.2, 0) is 9.09 Å². The number of phosphoric acid groups is 1. The van der Waals surface area contributed by atoms with E-state index in [-0.39, 0.29) is 26.4 Å². The highest BCUT2D eigenvalue weighted by molar-refractivity contribution is 7.46. The van der Waals surface area contributed by atoms with Crippen molar-refractivity contribution in [3.8, 4) is 0 Å². The topological polar surface area (TPSA) is 153 Å². The second-order valence-corrected chi connectivity index (χ2v) is 3.37. The van der Waals surface area contributed by atoms with Gasteiger partial charge in [-0.1, -0.05) is 0 Å². The molecular weight excluding hydrogens is 217 g/mol. The maximum atomic E-state index is 9.81. The average Bonchev–Trinajstić information content (AvgIpc) is 2.13. The molecule has 8 nitrogen and oxygen atoms in total. The summed E-state index contributed by atoms with van der Waals surface area (Å²) in [6, 6.07) is 0. The van der Waals surface area contributed by atoms with Crippen LogP contribution in [0.15, 0.2) is 0 Å². The molecule has 0 aromatic rings. The molecule has 0 saturated carbocycles. The number of hydrogen-bond donors (Lipinski definition) is 6. The predicted molar refractivity (Wildman–Crippen MR) is 47.2 cm³/mol. The molecule has 0 aromatic heterocycles. The fourth-order valence-corrected chi connectivity index (χ4v) is 0.573. The highest BCUT2D eigenvalue weighted by Crippen LogP contribution is 2.34. The molecule has 9 heteroatoms. The summed E-state index contributed by atoms with van der Waals surface area (Å²) < 4.78 is 13.7. The van der Waals surface area contributed by atoms with Crippen molar-refractivity contribution in [2.24, 2.45) is 5.73 Å². The van der Waals surface area contributed by atoms with Gasteiger partial charge in [-0.25, -0.2) is 4.57 Å². The van der Waals surface area contributed by atoms with Crippen LogP contribution in [0.2, 0.25) is 0 Å². The molecule has 0 radical (unpaired) electrons. The number of hydrogen-bond acceptors (Lipinski definition) is 6. The number of rotatable bonds is 5. The van der Waals surface area contributed by atoms with Crippen molar-refractivity contribution in [2.45, 2.75) is 6.10 Å². The van der Waals surface area contributed by atoms with Gasteiger partial charge in [-0.2, -0.15) is 0 Å². The van der Waals surface area contributed by atoms with Crippen LogP contribution in [0.1, 0.15) is 0 Å². The Bertz CT molecular complexity index is 156. The second-order valence-electron chi connectivity index (χ2n) is 2.13. The van der Waals surface area contributed by atoms with Gasteiger partial charge in [0.05, 0.1) is 19.8 Å². The maximum Gasteiger partial charge on any atom is 0.469 e. The van der Waals surface area contributed by atoms with E-state index in [2.05, 4.69) is 4.52 Å². The summed E-state index contributed by atoms with van der Waals surface area (Å²) in [5.41, 5.74) is 4.87. The van der Waals surface area contributed by atoms with Gasteiger partial charge in [0.25, 0.3) is 0 Å². The first-order valence-electron chi connectivity index (χ1n) is 3.67. The van der Waals surface area contributed by atoms with E-state index in [4.69, 9.17) is 30.8 Å². The van der Waals surface area contributed by atoms with Crippen molar-refractivity contribution < 1.29 is 34.2 Å². The molecule has 0 amide bonds. The van der Waals surface area contributed by atoms with Crippen molar-refractivity contribution in [1.82, 2.24) is 0 Å². The zero-order valence-corrected chi connectivity index (χ0v) is 8.38. The fraction of sp³-hybridized carbons (Fsp3) is 1.00. The molecule has 88 valence electrons. The van der Waals surface area contributed by atoms with Crippen LogP contribution in [0.3, 0.4) is 0 Å². The lowest BCUT2D eigenvalue weighted by Crippen LogP contribution is -2.15. The fourth-order valence-electron chi connectivity index (χ4n) is 0.229. The summed E-state index contributed by atoms with van der Waals surface area (Å²) in [6.45, 7) is -0.720. The number of nitrogens with two attached hydrogens (primary N) is 1. The quantitative estimate of drug-likeness (QED) is 0.282. The summed E-state index contributed by atoms with van der Waals surface area (Å²) in [5, 5.41) is 24.0. The molecule has 0 heterocycles. The van der Waals surface area contributed by atoms with Crippen molar-refractivity contribution in [3.63, 3.8) is 0 Å². The summed E-state index contributed by atoms with van der Waals surface area (Å²) in [5.74, 6) is 0. The van der Waals surface area contributed by atoms with E-state index in [0.29, 0.717) is 0 Å². The number of aliphatic hydroxyl groups excluding tert-OH is 3. The van der Waals surface area contributed by atoms with Crippen LogP contribution < -0.4 is 5.73 Å². The smallest absolute Gasteiger partial charge is 0.394 e. The van der Waals surface area contributed by atoms with Crippen LogP contribution in [0.4, 0.5) is 0 Å². The third-order valence-electron chi connectivity index (χ3n) is 0.799. The van der Waals surface area contributed by atoms with Gasteiger partial charge in [0.2, 0.25) is 0 Å². The largest absolute Gasteiger partial charge is 0.469 e. The van der Waals surface area contributed by atoms with Crippen molar-refractivity contribution in [2.75, 3.05) is 26.4 Å². The van der Waals surface area contributed by atoms with Crippen molar-refractivity contribution in [1.29, 1.82) is 0 Å². The van der Waals surface area contributed by atoms with Gasteiger partial charge in [0, 0.05) is 6.54 Å². The third-order valence-corrected chi connectivity index (χ3v) is 1.32. The molecule has 0 aliphatic heterocycles. The Morgan fingerprint density at radius 2 is 1.71 bits per heavy atom. The molecule has 0 rings (SSSR count). The van der Waals surface area contributed by atoms with Crippen LogP contribution in [0.25, 0.3) is 0 Å². The molecule has 0 bridgehead atoms. The van der Waals surface area contributed by atoms with Gasteiger partial charge in [-0.05, 0) is 0 Å².